The summed E-state index contributed by atoms with van der Waals surface area (Å²) >= 11 is 5.92. The monoisotopic (exact) mass is 387 g/mol. The number of hydrogen-bond acceptors (Lipinski definition) is 3. The van der Waals surface area contributed by atoms with Crippen molar-refractivity contribution >= 4 is 17.5 Å². The number of rotatable bonds is 6. The van der Waals surface area contributed by atoms with Gasteiger partial charge in [-0.3, -0.25) is 4.79 Å². The van der Waals surface area contributed by atoms with Crippen molar-refractivity contribution in [3.63, 3.8) is 0 Å². The average Bonchev–Trinajstić information content (AvgIpc) is 2.97. The van der Waals surface area contributed by atoms with Gasteiger partial charge in [-0.05, 0) is 62.2 Å². The normalized spacial score (nSPS) is 14.5. The van der Waals surface area contributed by atoms with Gasteiger partial charge in [-0.1, -0.05) is 24.4 Å². The third-order valence-electron chi connectivity index (χ3n) is 4.71. The van der Waals surface area contributed by atoms with Crippen molar-refractivity contribution in [3.8, 4) is 11.5 Å². The molecule has 3 rings (SSSR count). The molecule has 0 N–H and O–H groups in total. The Balaban J connectivity index is 1.76. The zero-order valence-corrected chi connectivity index (χ0v) is 16.5. The van der Waals surface area contributed by atoms with Crippen LogP contribution < -0.4 is 9.47 Å². The van der Waals surface area contributed by atoms with Crippen molar-refractivity contribution in [2.45, 2.75) is 39.2 Å². The van der Waals surface area contributed by atoms with Gasteiger partial charge in [0.25, 0.3) is 5.91 Å². The lowest BCUT2D eigenvalue weighted by atomic mass is 10.1. The van der Waals surface area contributed by atoms with Gasteiger partial charge in [0.1, 0.15) is 18.1 Å². The minimum absolute atomic E-state index is 0.0905. The molecule has 1 heterocycles. The van der Waals surface area contributed by atoms with Crippen LogP contribution in [0.15, 0.2) is 42.5 Å². The number of carbonyl (C=O) groups is 1. The number of carbonyl (C=O) groups excluding carboxylic acids is 1. The van der Waals surface area contributed by atoms with Gasteiger partial charge in [0.2, 0.25) is 0 Å². The van der Waals surface area contributed by atoms with Crippen LogP contribution in [0.5, 0.6) is 11.5 Å². The highest BCUT2D eigenvalue weighted by Crippen LogP contribution is 2.25. The Morgan fingerprint density at radius 3 is 2.37 bits per heavy atom. The predicted octanol–water partition coefficient (Wildman–Crippen LogP) is 5.33. The molecule has 4 nitrogen and oxygen atoms in total. The molecule has 1 saturated heterocycles. The molecule has 1 amide bonds. The summed E-state index contributed by atoms with van der Waals surface area (Å²) in [6.45, 7) is 4.51. The Labute approximate surface area is 166 Å². The number of likely N-dealkylation sites (tertiary alicyclic amines) is 1. The van der Waals surface area contributed by atoms with Crippen molar-refractivity contribution in [1.29, 1.82) is 0 Å². The van der Waals surface area contributed by atoms with Crippen molar-refractivity contribution < 1.29 is 14.3 Å². The Morgan fingerprint density at radius 2 is 1.70 bits per heavy atom. The van der Waals surface area contributed by atoms with E-state index in [0.717, 1.165) is 43.0 Å². The Kier molecular flexibility index (Phi) is 6.99. The number of nitrogens with zero attached hydrogens (tertiary/aromatic N) is 1. The zero-order chi connectivity index (χ0) is 19.1. The maximum absolute atomic E-state index is 12.9. The lowest BCUT2D eigenvalue weighted by molar-refractivity contribution is 0.0761. The molecular formula is C22H26ClNO3. The largest absolute Gasteiger partial charge is 0.493 e. The van der Waals surface area contributed by atoms with Gasteiger partial charge in [-0.15, -0.1) is 0 Å². The summed E-state index contributed by atoms with van der Waals surface area (Å²) in [5, 5.41) is 0.669. The number of amides is 1. The first-order valence-electron chi connectivity index (χ1n) is 9.60. The van der Waals surface area contributed by atoms with Gasteiger partial charge in [0, 0.05) is 29.2 Å². The molecular weight excluding hydrogens is 362 g/mol. The summed E-state index contributed by atoms with van der Waals surface area (Å²) in [6, 6.07) is 12.9. The molecule has 0 aromatic heterocycles. The van der Waals surface area contributed by atoms with Crippen LogP contribution in [0.25, 0.3) is 0 Å². The number of hydrogen-bond donors (Lipinski definition) is 0. The van der Waals surface area contributed by atoms with Gasteiger partial charge in [-0.2, -0.15) is 0 Å². The van der Waals surface area contributed by atoms with E-state index in [1.54, 1.807) is 12.1 Å². The van der Waals surface area contributed by atoms with Crippen LogP contribution in [0.2, 0.25) is 5.02 Å². The molecule has 1 fully saturated rings. The summed E-state index contributed by atoms with van der Waals surface area (Å²) in [7, 11) is 0. The third-order valence-corrected chi connectivity index (χ3v) is 4.96. The van der Waals surface area contributed by atoms with E-state index in [1.165, 1.54) is 12.8 Å². The summed E-state index contributed by atoms with van der Waals surface area (Å²) in [5.74, 6) is 1.57. The predicted molar refractivity (Wildman–Crippen MR) is 108 cm³/mol. The highest BCUT2D eigenvalue weighted by atomic mass is 35.5. The summed E-state index contributed by atoms with van der Waals surface area (Å²) in [5.41, 5.74) is 1.56. The van der Waals surface area contributed by atoms with Crippen LogP contribution >= 0.6 is 11.6 Å². The molecule has 144 valence electrons. The van der Waals surface area contributed by atoms with E-state index in [2.05, 4.69) is 0 Å². The van der Waals surface area contributed by atoms with E-state index < -0.39 is 0 Å². The number of ether oxygens (including phenoxy) is 2. The van der Waals surface area contributed by atoms with E-state index in [-0.39, 0.29) is 5.91 Å². The highest BCUT2D eigenvalue weighted by Gasteiger charge is 2.19. The molecule has 5 heteroatoms. The van der Waals surface area contributed by atoms with E-state index in [9.17, 15) is 4.79 Å². The molecule has 0 unspecified atom stereocenters. The van der Waals surface area contributed by atoms with E-state index >= 15 is 0 Å². The smallest absolute Gasteiger partial charge is 0.253 e. The zero-order valence-electron chi connectivity index (χ0n) is 15.7. The summed E-state index contributed by atoms with van der Waals surface area (Å²) in [4.78, 5) is 14.9. The first-order chi connectivity index (χ1) is 13.2. The minimum atomic E-state index is 0.0905. The Hall–Kier alpha value is -2.20. The molecule has 0 atom stereocenters. The van der Waals surface area contributed by atoms with Crippen molar-refractivity contribution in [1.82, 2.24) is 4.90 Å². The van der Waals surface area contributed by atoms with Crippen LogP contribution in [-0.2, 0) is 6.61 Å². The number of benzene rings is 2. The topological polar surface area (TPSA) is 38.8 Å². The average molecular weight is 388 g/mol. The summed E-state index contributed by atoms with van der Waals surface area (Å²) < 4.78 is 11.6. The molecule has 0 saturated carbocycles. The fourth-order valence-electron chi connectivity index (χ4n) is 3.27. The van der Waals surface area contributed by atoms with Gasteiger partial charge < -0.3 is 14.4 Å². The number of halogens is 1. The van der Waals surface area contributed by atoms with E-state index in [0.29, 0.717) is 23.8 Å². The fraction of sp³-hybridized carbons (Fsp3) is 0.409. The second-order valence-electron chi connectivity index (χ2n) is 6.70. The van der Waals surface area contributed by atoms with Crippen LogP contribution in [0, 0.1) is 0 Å². The molecule has 1 aliphatic heterocycles. The van der Waals surface area contributed by atoms with E-state index in [1.807, 2.05) is 42.2 Å². The third kappa shape index (κ3) is 5.39. The SMILES string of the molecule is CCOc1ccc(C(=O)N2CCCCCC2)cc1COc1ccc(Cl)cc1. The van der Waals surface area contributed by atoms with Gasteiger partial charge in [0.15, 0.2) is 0 Å². The van der Waals surface area contributed by atoms with Crippen LogP contribution in [0.3, 0.4) is 0 Å². The van der Waals surface area contributed by atoms with E-state index in [4.69, 9.17) is 21.1 Å². The quantitative estimate of drug-likeness (QED) is 0.672. The van der Waals surface area contributed by atoms with Crippen LogP contribution in [-0.4, -0.2) is 30.5 Å². The lowest BCUT2D eigenvalue weighted by Crippen LogP contribution is -2.31. The van der Waals surface area contributed by atoms with Crippen LogP contribution in [0.4, 0.5) is 0 Å². The van der Waals surface area contributed by atoms with Gasteiger partial charge in [0.05, 0.1) is 6.61 Å². The molecule has 27 heavy (non-hydrogen) atoms. The Bertz CT molecular complexity index is 753. The molecule has 2 aromatic carbocycles. The second-order valence-corrected chi connectivity index (χ2v) is 7.14. The fourth-order valence-corrected chi connectivity index (χ4v) is 3.40. The van der Waals surface area contributed by atoms with Crippen molar-refractivity contribution in [2.24, 2.45) is 0 Å². The van der Waals surface area contributed by atoms with Crippen molar-refractivity contribution in [2.75, 3.05) is 19.7 Å². The molecule has 1 aliphatic rings. The molecule has 0 spiro atoms. The summed E-state index contributed by atoms with van der Waals surface area (Å²) in [6.07, 6.45) is 4.56. The maximum Gasteiger partial charge on any atom is 0.253 e. The van der Waals surface area contributed by atoms with Crippen LogP contribution in [0.1, 0.15) is 48.5 Å². The first-order valence-corrected chi connectivity index (χ1v) is 9.98. The standard InChI is InChI=1S/C22H26ClNO3/c1-2-26-21-12-7-17(22(25)24-13-5-3-4-6-14-24)15-18(21)16-27-20-10-8-19(23)9-11-20/h7-12,15H,2-6,13-14,16H2,1H3. The highest BCUT2D eigenvalue weighted by molar-refractivity contribution is 6.30. The molecule has 0 bridgehead atoms. The first kappa shape index (κ1) is 19.6. The molecule has 0 radical (unpaired) electrons. The van der Waals surface area contributed by atoms with Gasteiger partial charge >= 0.3 is 0 Å². The lowest BCUT2D eigenvalue weighted by Gasteiger charge is -2.21. The Morgan fingerprint density at radius 1 is 1.00 bits per heavy atom. The van der Waals surface area contributed by atoms with Gasteiger partial charge in [-0.25, -0.2) is 0 Å². The minimum Gasteiger partial charge on any atom is -0.493 e. The maximum atomic E-state index is 12.9. The van der Waals surface area contributed by atoms with Crippen molar-refractivity contribution in [3.05, 3.63) is 58.6 Å². The molecule has 0 aliphatic carbocycles. The molecule has 2 aromatic rings. The second kappa shape index (κ2) is 9.65.